The van der Waals surface area contributed by atoms with E-state index in [9.17, 15) is 9.18 Å². The number of nitrogens with zero attached hydrogens (tertiary/aromatic N) is 1. The molecule has 0 saturated carbocycles. The van der Waals surface area contributed by atoms with E-state index >= 15 is 0 Å². The Morgan fingerprint density at radius 1 is 1.17 bits per heavy atom. The molecule has 4 nitrogen and oxygen atoms in total. The number of aromatic carboxylic acids is 1. The van der Waals surface area contributed by atoms with Gasteiger partial charge in [-0.05, 0) is 42.5 Å². The molecule has 0 amide bonds. The third kappa shape index (κ3) is 3.52. The number of carbonyl (C=O) groups is 1. The molecule has 120 valence electrons. The molecule has 0 saturated heterocycles. The maximum Gasteiger partial charge on any atom is 0.337 e. The van der Waals surface area contributed by atoms with Crippen LogP contribution in [0.5, 0.6) is 0 Å². The zero-order valence-corrected chi connectivity index (χ0v) is 13.0. The van der Waals surface area contributed by atoms with Gasteiger partial charge in [0, 0.05) is 5.56 Å². The lowest BCUT2D eigenvalue weighted by Crippen LogP contribution is -1.96. The standard InChI is InChI=1S/C18H11ClFNO3/c19-16-6-4-13(9-15(16)18(22)23)21-10-14-5-7-17(24-14)11-2-1-3-12(20)8-11/h1-10H,(H,22,23). The second-order valence-corrected chi connectivity index (χ2v) is 5.35. The number of hydrogen-bond donors (Lipinski definition) is 1. The molecule has 1 N–H and O–H groups in total. The van der Waals surface area contributed by atoms with E-state index in [-0.39, 0.29) is 16.4 Å². The number of aliphatic imine (C=N–C) groups is 1. The lowest BCUT2D eigenvalue weighted by molar-refractivity contribution is 0.0697. The van der Waals surface area contributed by atoms with Crippen LogP contribution in [0.4, 0.5) is 10.1 Å². The molecule has 0 spiro atoms. The number of halogens is 2. The predicted octanol–water partition coefficient (Wildman–Crippen LogP) is 5.19. The summed E-state index contributed by atoms with van der Waals surface area (Å²) in [5.74, 6) is -0.496. The van der Waals surface area contributed by atoms with Gasteiger partial charge in [0.05, 0.1) is 22.5 Å². The van der Waals surface area contributed by atoms with E-state index in [0.717, 1.165) is 0 Å². The Hall–Kier alpha value is -2.92. The molecule has 0 fully saturated rings. The molecule has 3 rings (SSSR count). The molecule has 0 atom stereocenters. The van der Waals surface area contributed by atoms with Crippen molar-refractivity contribution in [3.8, 4) is 11.3 Å². The molecule has 6 heteroatoms. The van der Waals surface area contributed by atoms with E-state index in [2.05, 4.69) is 4.99 Å². The third-order valence-electron chi connectivity index (χ3n) is 3.26. The Morgan fingerprint density at radius 3 is 2.75 bits per heavy atom. The quantitative estimate of drug-likeness (QED) is 0.663. The summed E-state index contributed by atoms with van der Waals surface area (Å²) in [6.45, 7) is 0. The molecule has 0 aliphatic carbocycles. The summed E-state index contributed by atoms with van der Waals surface area (Å²) >= 11 is 5.81. The molecular weight excluding hydrogens is 333 g/mol. The molecule has 0 aliphatic heterocycles. The average Bonchev–Trinajstić information content (AvgIpc) is 3.03. The van der Waals surface area contributed by atoms with Gasteiger partial charge in [-0.1, -0.05) is 23.7 Å². The zero-order chi connectivity index (χ0) is 17.1. The molecule has 3 aromatic rings. The van der Waals surface area contributed by atoms with Crippen LogP contribution in [0.1, 0.15) is 16.1 Å². The lowest BCUT2D eigenvalue weighted by atomic mass is 10.2. The first-order valence-electron chi connectivity index (χ1n) is 6.95. The first-order valence-corrected chi connectivity index (χ1v) is 7.33. The minimum atomic E-state index is -1.12. The monoisotopic (exact) mass is 343 g/mol. The Morgan fingerprint density at radius 2 is 2.00 bits per heavy atom. The van der Waals surface area contributed by atoms with Gasteiger partial charge in [-0.3, -0.25) is 4.99 Å². The highest BCUT2D eigenvalue weighted by atomic mass is 35.5. The van der Waals surface area contributed by atoms with Gasteiger partial charge in [0.15, 0.2) is 0 Å². The van der Waals surface area contributed by atoms with Crippen LogP contribution in [0.15, 0.2) is 64.0 Å². The highest BCUT2D eigenvalue weighted by Crippen LogP contribution is 2.24. The van der Waals surface area contributed by atoms with Crippen molar-refractivity contribution in [3.05, 3.63) is 76.8 Å². The minimum Gasteiger partial charge on any atom is -0.478 e. The number of carboxylic acid groups (broad SMARTS) is 1. The highest BCUT2D eigenvalue weighted by Gasteiger charge is 2.09. The van der Waals surface area contributed by atoms with E-state index in [0.29, 0.717) is 22.8 Å². The van der Waals surface area contributed by atoms with E-state index in [1.807, 2.05) is 0 Å². The van der Waals surface area contributed by atoms with Crippen molar-refractivity contribution >= 4 is 29.5 Å². The fourth-order valence-corrected chi connectivity index (χ4v) is 2.31. The van der Waals surface area contributed by atoms with Crippen LogP contribution in [-0.2, 0) is 0 Å². The normalized spacial score (nSPS) is 11.1. The first kappa shape index (κ1) is 16.0. The van der Waals surface area contributed by atoms with Crippen LogP contribution in [0, 0.1) is 5.82 Å². The van der Waals surface area contributed by atoms with Crippen molar-refractivity contribution in [2.24, 2.45) is 4.99 Å². The lowest BCUT2D eigenvalue weighted by Gasteiger charge is -1.99. The predicted molar refractivity (Wildman–Crippen MR) is 89.8 cm³/mol. The second-order valence-electron chi connectivity index (χ2n) is 4.94. The highest BCUT2D eigenvalue weighted by molar-refractivity contribution is 6.33. The van der Waals surface area contributed by atoms with Gasteiger partial charge in [-0.25, -0.2) is 9.18 Å². The van der Waals surface area contributed by atoms with E-state index in [1.165, 1.54) is 30.5 Å². The fourth-order valence-electron chi connectivity index (χ4n) is 2.11. The van der Waals surface area contributed by atoms with Crippen LogP contribution in [0.2, 0.25) is 5.02 Å². The number of hydrogen-bond acceptors (Lipinski definition) is 3. The van der Waals surface area contributed by atoms with Crippen molar-refractivity contribution in [2.45, 2.75) is 0 Å². The topological polar surface area (TPSA) is 62.8 Å². The molecule has 0 bridgehead atoms. The van der Waals surface area contributed by atoms with Crippen molar-refractivity contribution in [1.82, 2.24) is 0 Å². The summed E-state index contributed by atoms with van der Waals surface area (Å²) in [5.41, 5.74) is 1.03. The molecule has 24 heavy (non-hydrogen) atoms. The van der Waals surface area contributed by atoms with Gasteiger partial charge in [-0.2, -0.15) is 0 Å². The Labute approximate surface area is 141 Å². The van der Waals surface area contributed by atoms with E-state index in [4.69, 9.17) is 21.1 Å². The largest absolute Gasteiger partial charge is 0.478 e. The van der Waals surface area contributed by atoms with Crippen molar-refractivity contribution in [3.63, 3.8) is 0 Å². The SMILES string of the molecule is O=C(O)c1cc(N=Cc2ccc(-c3cccc(F)c3)o2)ccc1Cl. The van der Waals surface area contributed by atoms with Crippen molar-refractivity contribution < 1.29 is 18.7 Å². The van der Waals surface area contributed by atoms with Crippen LogP contribution < -0.4 is 0 Å². The third-order valence-corrected chi connectivity index (χ3v) is 3.59. The van der Waals surface area contributed by atoms with E-state index < -0.39 is 5.97 Å². The first-order chi connectivity index (χ1) is 11.5. The summed E-state index contributed by atoms with van der Waals surface area (Å²) in [6.07, 6.45) is 1.46. The van der Waals surface area contributed by atoms with E-state index in [1.54, 1.807) is 30.3 Å². The van der Waals surface area contributed by atoms with Gasteiger partial charge in [0.1, 0.15) is 17.3 Å². The summed E-state index contributed by atoms with van der Waals surface area (Å²) in [4.78, 5) is 15.2. The number of furan rings is 1. The minimum absolute atomic E-state index is 0.0220. The van der Waals surface area contributed by atoms with Gasteiger partial charge in [0.25, 0.3) is 0 Å². The molecule has 1 aromatic heterocycles. The van der Waals surface area contributed by atoms with Gasteiger partial charge in [-0.15, -0.1) is 0 Å². The van der Waals surface area contributed by atoms with Crippen molar-refractivity contribution in [2.75, 3.05) is 0 Å². The van der Waals surface area contributed by atoms with Crippen LogP contribution in [0.3, 0.4) is 0 Å². The number of carboxylic acids is 1. The Kier molecular flexibility index (Phi) is 4.44. The van der Waals surface area contributed by atoms with Crippen LogP contribution >= 0.6 is 11.6 Å². The number of rotatable bonds is 4. The fraction of sp³-hybridized carbons (Fsp3) is 0. The molecule has 2 aromatic carbocycles. The molecule has 0 aliphatic rings. The molecule has 0 radical (unpaired) electrons. The zero-order valence-electron chi connectivity index (χ0n) is 12.2. The summed E-state index contributed by atoms with van der Waals surface area (Å²) in [7, 11) is 0. The van der Waals surface area contributed by atoms with Gasteiger partial charge in [0.2, 0.25) is 0 Å². The molecule has 1 heterocycles. The Balaban J connectivity index is 1.83. The Bertz CT molecular complexity index is 934. The van der Waals surface area contributed by atoms with Crippen molar-refractivity contribution in [1.29, 1.82) is 0 Å². The van der Waals surface area contributed by atoms with Gasteiger partial charge < -0.3 is 9.52 Å². The second kappa shape index (κ2) is 6.68. The average molecular weight is 344 g/mol. The summed E-state index contributed by atoms with van der Waals surface area (Å²) < 4.78 is 18.8. The summed E-state index contributed by atoms with van der Waals surface area (Å²) in [5, 5.41) is 9.19. The maximum atomic E-state index is 13.2. The molecule has 0 unspecified atom stereocenters. The molecular formula is C18H11ClFNO3. The maximum absolute atomic E-state index is 13.2. The number of benzene rings is 2. The van der Waals surface area contributed by atoms with Crippen LogP contribution in [-0.4, -0.2) is 17.3 Å². The smallest absolute Gasteiger partial charge is 0.337 e. The summed E-state index contributed by atoms with van der Waals surface area (Å²) in [6, 6.07) is 13.9. The van der Waals surface area contributed by atoms with Crippen LogP contribution in [0.25, 0.3) is 11.3 Å². The van der Waals surface area contributed by atoms with Gasteiger partial charge >= 0.3 is 5.97 Å².